The minimum atomic E-state index is -0.769. The number of aromatic nitrogens is 1. The van der Waals surface area contributed by atoms with Crippen LogP contribution in [-0.4, -0.2) is 30.7 Å². The molecule has 1 aromatic carbocycles. The number of nitrogens with one attached hydrogen (secondary N) is 2. The van der Waals surface area contributed by atoms with Crippen molar-refractivity contribution in [1.29, 1.82) is 0 Å². The molecule has 0 saturated heterocycles. The summed E-state index contributed by atoms with van der Waals surface area (Å²) in [5.74, 6) is -1.48. The van der Waals surface area contributed by atoms with Crippen molar-refractivity contribution in [1.82, 2.24) is 15.6 Å². The van der Waals surface area contributed by atoms with Crippen LogP contribution >= 0.6 is 11.3 Å². The van der Waals surface area contributed by atoms with Crippen LogP contribution < -0.4 is 15.4 Å². The van der Waals surface area contributed by atoms with E-state index < -0.39 is 11.6 Å². The van der Waals surface area contributed by atoms with Crippen LogP contribution in [0.5, 0.6) is 5.75 Å². The van der Waals surface area contributed by atoms with Crippen molar-refractivity contribution >= 4 is 17.4 Å². The van der Waals surface area contributed by atoms with E-state index in [4.69, 9.17) is 4.74 Å². The number of thiazole rings is 1. The van der Waals surface area contributed by atoms with Gasteiger partial charge in [0.1, 0.15) is 12.4 Å². The SMILES string of the molecule is CCc1nc(CCNC(=O)NCCOc2ccc(F)cc2F)cs1. The number of nitrogens with zero attached hydrogens (tertiary/aromatic N) is 1. The molecule has 0 bridgehead atoms. The molecule has 1 heterocycles. The first kappa shape index (κ1) is 18.1. The second kappa shape index (κ2) is 9.17. The zero-order valence-electron chi connectivity index (χ0n) is 13.3. The summed E-state index contributed by atoms with van der Waals surface area (Å²) >= 11 is 1.62. The number of carbonyl (C=O) groups excluding carboxylic acids is 1. The molecule has 2 rings (SSSR count). The van der Waals surface area contributed by atoms with Gasteiger partial charge in [-0.2, -0.15) is 0 Å². The van der Waals surface area contributed by atoms with Gasteiger partial charge in [0, 0.05) is 24.4 Å². The molecule has 0 unspecified atom stereocenters. The average molecular weight is 355 g/mol. The van der Waals surface area contributed by atoms with E-state index in [2.05, 4.69) is 15.6 Å². The summed E-state index contributed by atoms with van der Waals surface area (Å²) in [6.07, 6.45) is 1.58. The zero-order chi connectivity index (χ0) is 17.4. The van der Waals surface area contributed by atoms with E-state index in [0.717, 1.165) is 29.3 Å². The first-order valence-corrected chi connectivity index (χ1v) is 8.49. The number of ether oxygens (including phenoxy) is 1. The Morgan fingerprint density at radius 2 is 2.08 bits per heavy atom. The van der Waals surface area contributed by atoms with E-state index in [1.165, 1.54) is 6.07 Å². The Bertz CT molecular complexity index is 679. The predicted molar refractivity (Wildman–Crippen MR) is 88.5 cm³/mol. The molecule has 0 atom stereocenters. The Hall–Kier alpha value is -2.22. The first-order valence-electron chi connectivity index (χ1n) is 7.61. The van der Waals surface area contributed by atoms with E-state index >= 15 is 0 Å². The molecule has 8 heteroatoms. The van der Waals surface area contributed by atoms with Crippen molar-refractivity contribution in [2.75, 3.05) is 19.7 Å². The van der Waals surface area contributed by atoms with Crippen molar-refractivity contribution in [3.8, 4) is 5.75 Å². The summed E-state index contributed by atoms with van der Waals surface area (Å²) in [4.78, 5) is 16.0. The van der Waals surface area contributed by atoms with Crippen LogP contribution in [0.25, 0.3) is 0 Å². The maximum Gasteiger partial charge on any atom is 0.314 e. The molecule has 0 radical (unpaired) electrons. The van der Waals surface area contributed by atoms with Crippen LogP contribution in [0.1, 0.15) is 17.6 Å². The second-order valence-corrected chi connectivity index (χ2v) is 5.88. The molecule has 2 amide bonds. The fraction of sp³-hybridized carbons (Fsp3) is 0.375. The maximum atomic E-state index is 13.3. The number of hydrogen-bond donors (Lipinski definition) is 2. The van der Waals surface area contributed by atoms with E-state index in [0.29, 0.717) is 13.0 Å². The zero-order valence-corrected chi connectivity index (χ0v) is 14.1. The Kier molecular flexibility index (Phi) is 6.92. The lowest BCUT2D eigenvalue weighted by Gasteiger charge is -2.09. The van der Waals surface area contributed by atoms with Crippen LogP contribution in [0.4, 0.5) is 13.6 Å². The lowest BCUT2D eigenvalue weighted by molar-refractivity contribution is 0.236. The number of aryl methyl sites for hydroxylation is 1. The standard InChI is InChI=1S/C16H19F2N3O2S/c1-2-15-21-12(10-24-15)5-6-19-16(22)20-7-8-23-14-4-3-11(17)9-13(14)18/h3-4,9-10H,2,5-8H2,1H3,(H2,19,20,22). The molecule has 1 aromatic heterocycles. The number of urea groups is 1. The molecule has 0 fully saturated rings. The summed E-state index contributed by atoms with van der Waals surface area (Å²) in [6.45, 7) is 2.82. The van der Waals surface area contributed by atoms with Crippen molar-refractivity contribution < 1.29 is 18.3 Å². The Labute approximate surface area is 143 Å². The Balaban J connectivity index is 1.59. The molecule has 2 aromatic rings. The lowest BCUT2D eigenvalue weighted by Crippen LogP contribution is -2.38. The third-order valence-electron chi connectivity index (χ3n) is 3.11. The fourth-order valence-electron chi connectivity index (χ4n) is 1.91. The van der Waals surface area contributed by atoms with Gasteiger partial charge in [0.2, 0.25) is 0 Å². The van der Waals surface area contributed by atoms with Crippen LogP contribution in [0.3, 0.4) is 0 Å². The first-order chi connectivity index (χ1) is 11.6. The number of amides is 2. The normalized spacial score (nSPS) is 10.5. The molecule has 0 aliphatic heterocycles. The molecule has 0 aliphatic carbocycles. The summed E-state index contributed by atoms with van der Waals surface area (Å²) < 4.78 is 31.2. The predicted octanol–water partition coefficient (Wildman–Crippen LogP) is 2.90. The van der Waals surface area contributed by atoms with Crippen LogP contribution in [0.15, 0.2) is 23.6 Å². The van der Waals surface area contributed by atoms with Crippen LogP contribution in [0, 0.1) is 11.6 Å². The summed E-state index contributed by atoms with van der Waals surface area (Å²) in [6, 6.07) is 2.74. The van der Waals surface area contributed by atoms with Gasteiger partial charge in [-0.15, -0.1) is 11.3 Å². The summed E-state index contributed by atoms with van der Waals surface area (Å²) in [5, 5.41) is 8.38. The topological polar surface area (TPSA) is 63.2 Å². The molecule has 0 aliphatic rings. The van der Waals surface area contributed by atoms with Crippen LogP contribution in [-0.2, 0) is 12.8 Å². The van der Waals surface area contributed by atoms with E-state index in [1.54, 1.807) is 11.3 Å². The van der Waals surface area contributed by atoms with Gasteiger partial charge in [0.05, 0.1) is 17.2 Å². The second-order valence-electron chi connectivity index (χ2n) is 4.94. The molecule has 5 nitrogen and oxygen atoms in total. The molecular weight excluding hydrogens is 336 g/mol. The van der Waals surface area contributed by atoms with Gasteiger partial charge in [0.25, 0.3) is 0 Å². The highest BCUT2D eigenvalue weighted by atomic mass is 32.1. The fourth-order valence-corrected chi connectivity index (χ4v) is 2.69. The van der Waals surface area contributed by atoms with Crippen molar-refractivity contribution in [2.24, 2.45) is 0 Å². The highest BCUT2D eigenvalue weighted by molar-refractivity contribution is 7.09. The van der Waals surface area contributed by atoms with Crippen molar-refractivity contribution in [3.05, 3.63) is 45.9 Å². The van der Waals surface area contributed by atoms with Gasteiger partial charge in [0.15, 0.2) is 11.6 Å². The molecule has 130 valence electrons. The quantitative estimate of drug-likeness (QED) is 0.716. The number of benzene rings is 1. The van der Waals surface area contributed by atoms with Gasteiger partial charge in [-0.1, -0.05) is 6.92 Å². The minimum Gasteiger partial charge on any atom is -0.489 e. The van der Waals surface area contributed by atoms with Crippen molar-refractivity contribution in [2.45, 2.75) is 19.8 Å². The van der Waals surface area contributed by atoms with E-state index in [-0.39, 0.29) is 24.9 Å². The molecule has 0 saturated carbocycles. The number of hydrogen-bond acceptors (Lipinski definition) is 4. The van der Waals surface area contributed by atoms with Crippen molar-refractivity contribution in [3.63, 3.8) is 0 Å². The Morgan fingerprint density at radius 3 is 2.79 bits per heavy atom. The van der Waals surface area contributed by atoms with Gasteiger partial charge in [-0.25, -0.2) is 18.6 Å². The minimum absolute atomic E-state index is 0.0473. The Morgan fingerprint density at radius 1 is 1.29 bits per heavy atom. The highest BCUT2D eigenvalue weighted by Crippen LogP contribution is 2.17. The van der Waals surface area contributed by atoms with Crippen LogP contribution in [0.2, 0.25) is 0 Å². The molecule has 24 heavy (non-hydrogen) atoms. The van der Waals surface area contributed by atoms with E-state index in [1.807, 2.05) is 12.3 Å². The van der Waals surface area contributed by atoms with Gasteiger partial charge in [-0.3, -0.25) is 0 Å². The largest absolute Gasteiger partial charge is 0.489 e. The van der Waals surface area contributed by atoms with Gasteiger partial charge < -0.3 is 15.4 Å². The number of halogens is 2. The molecule has 2 N–H and O–H groups in total. The number of rotatable bonds is 8. The monoisotopic (exact) mass is 355 g/mol. The van der Waals surface area contributed by atoms with Gasteiger partial charge in [-0.05, 0) is 18.6 Å². The third-order valence-corrected chi connectivity index (χ3v) is 4.15. The lowest BCUT2D eigenvalue weighted by atomic mass is 10.3. The van der Waals surface area contributed by atoms with Gasteiger partial charge >= 0.3 is 6.03 Å². The smallest absolute Gasteiger partial charge is 0.314 e. The summed E-state index contributed by atoms with van der Waals surface area (Å²) in [5.41, 5.74) is 0.965. The maximum absolute atomic E-state index is 13.3. The average Bonchev–Trinajstić information content (AvgIpc) is 3.01. The number of carbonyl (C=O) groups is 1. The molecular formula is C16H19F2N3O2S. The summed E-state index contributed by atoms with van der Waals surface area (Å²) in [7, 11) is 0. The highest BCUT2D eigenvalue weighted by Gasteiger charge is 2.05. The third kappa shape index (κ3) is 5.77. The molecule has 0 spiro atoms. The van der Waals surface area contributed by atoms with E-state index in [9.17, 15) is 13.6 Å².